The molecule has 26 heavy (non-hydrogen) atoms. The Balaban J connectivity index is 1.69. The van der Waals surface area contributed by atoms with E-state index in [4.69, 9.17) is 0 Å². The number of hydrogen-bond acceptors (Lipinski definition) is 2. The van der Waals surface area contributed by atoms with Crippen LogP contribution in [0.3, 0.4) is 0 Å². The van der Waals surface area contributed by atoms with E-state index in [1.165, 1.54) is 0 Å². The first kappa shape index (κ1) is 16.3. The molecule has 1 atom stereocenters. The average molecular weight is 344 g/mol. The van der Waals surface area contributed by atoms with Crippen LogP contribution in [0.1, 0.15) is 28.4 Å². The number of nitrogens with one attached hydrogen (secondary N) is 1. The molecular formula is C22H20N2O2. The van der Waals surface area contributed by atoms with Crippen molar-refractivity contribution in [3.63, 3.8) is 0 Å². The molecule has 0 aliphatic carbocycles. The van der Waals surface area contributed by atoms with E-state index in [-0.39, 0.29) is 11.8 Å². The van der Waals surface area contributed by atoms with Crippen LogP contribution < -0.4 is 10.2 Å². The zero-order valence-corrected chi connectivity index (χ0v) is 15.0. The van der Waals surface area contributed by atoms with Crippen LogP contribution >= 0.6 is 0 Å². The molecule has 1 heterocycles. The highest BCUT2D eigenvalue weighted by Gasteiger charge is 2.35. The summed E-state index contributed by atoms with van der Waals surface area (Å²) in [6.07, 6.45) is 0. The van der Waals surface area contributed by atoms with Crippen molar-refractivity contribution < 1.29 is 9.59 Å². The van der Waals surface area contributed by atoms with Crippen molar-refractivity contribution in [2.75, 3.05) is 10.2 Å². The highest BCUT2D eigenvalue weighted by atomic mass is 16.2. The van der Waals surface area contributed by atoms with E-state index < -0.39 is 6.04 Å². The van der Waals surface area contributed by atoms with Gasteiger partial charge in [0.2, 0.25) is 5.91 Å². The minimum absolute atomic E-state index is 0.124. The lowest BCUT2D eigenvalue weighted by Gasteiger charge is -2.25. The molecule has 1 N–H and O–H groups in total. The van der Waals surface area contributed by atoms with Crippen molar-refractivity contribution in [2.24, 2.45) is 0 Å². The Morgan fingerprint density at radius 1 is 0.962 bits per heavy atom. The summed E-state index contributed by atoms with van der Waals surface area (Å²) in [7, 11) is 0. The van der Waals surface area contributed by atoms with E-state index in [1.807, 2.05) is 68.4 Å². The summed E-state index contributed by atoms with van der Waals surface area (Å²) < 4.78 is 0. The number of carbonyl (C=O) groups is 2. The largest absolute Gasteiger partial charge is 0.324 e. The lowest BCUT2D eigenvalue weighted by Crippen LogP contribution is -2.44. The smallest absolute Gasteiger partial charge is 0.259 e. The van der Waals surface area contributed by atoms with Gasteiger partial charge in [0.1, 0.15) is 6.04 Å². The zero-order chi connectivity index (χ0) is 18.4. The van der Waals surface area contributed by atoms with Crippen molar-refractivity contribution in [2.45, 2.75) is 26.8 Å². The molecule has 4 nitrogen and oxygen atoms in total. The third kappa shape index (κ3) is 2.37. The molecule has 0 unspecified atom stereocenters. The number of amides is 2. The molecule has 1 aliphatic rings. The summed E-state index contributed by atoms with van der Waals surface area (Å²) in [5.41, 5.74) is 4.27. The van der Waals surface area contributed by atoms with Gasteiger partial charge in [-0.2, -0.15) is 0 Å². The first-order valence-corrected chi connectivity index (χ1v) is 8.71. The summed E-state index contributed by atoms with van der Waals surface area (Å²) in [5.74, 6) is -0.318. The number of hydrogen-bond donors (Lipinski definition) is 1. The first-order chi connectivity index (χ1) is 12.5. The fourth-order valence-corrected chi connectivity index (χ4v) is 3.68. The van der Waals surface area contributed by atoms with Gasteiger partial charge in [-0.05, 0) is 49.4 Å². The number of nitrogens with zero attached hydrogens (tertiary/aromatic N) is 1. The SMILES string of the molecule is Cc1cccc(C)c1NC(=O)[C@@H](C)N1C(=O)c2cccc3cccc1c23. The Labute approximate surface area is 152 Å². The second-order valence-corrected chi connectivity index (χ2v) is 6.79. The fraction of sp³-hybridized carbons (Fsp3) is 0.182. The number of aryl methyl sites for hydroxylation is 2. The van der Waals surface area contributed by atoms with E-state index in [2.05, 4.69) is 5.32 Å². The second kappa shape index (κ2) is 5.99. The highest BCUT2D eigenvalue weighted by Crippen LogP contribution is 2.38. The number of para-hydroxylation sites is 1. The maximum Gasteiger partial charge on any atom is 0.259 e. The van der Waals surface area contributed by atoms with Crippen molar-refractivity contribution in [3.05, 3.63) is 71.3 Å². The Kier molecular flexibility index (Phi) is 3.76. The number of anilines is 2. The van der Waals surface area contributed by atoms with Gasteiger partial charge in [0.25, 0.3) is 5.91 Å². The number of rotatable bonds is 3. The van der Waals surface area contributed by atoms with Gasteiger partial charge in [-0.15, -0.1) is 0 Å². The van der Waals surface area contributed by atoms with E-state index in [0.29, 0.717) is 5.56 Å². The Bertz CT molecular complexity index is 1030. The molecular weight excluding hydrogens is 324 g/mol. The van der Waals surface area contributed by atoms with E-state index in [1.54, 1.807) is 11.8 Å². The molecule has 130 valence electrons. The Hall–Kier alpha value is -3.14. The molecule has 0 radical (unpaired) electrons. The third-order valence-electron chi connectivity index (χ3n) is 5.09. The summed E-state index contributed by atoms with van der Waals surface area (Å²) in [6.45, 7) is 5.70. The number of benzene rings is 3. The zero-order valence-electron chi connectivity index (χ0n) is 15.0. The van der Waals surface area contributed by atoms with Crippen LogP contribution in [0.4, 0.5) is 11.4 Å². The van der Waals surface area contributed by atoms with Gasteiger partial charge in [0.05, 0.1) is 5.69 Å². The second-order valence-electron chi connectivity index (χ2n) is 6.79. The van der Waals surface area contributed by atoms with Crippen molar-refractivity contribution in [1.29, 1.82) is 0 Å². The summed E-state index contributed by atoms with van der Waals surface area (Å²) in [6, 6.07) is 16.8. The van der Waals surface area contributed by atoms with E-state index in [0.717, 1.165) is 33.3 Å². The molecule has 3 aromatic rings. The van der Waals surface area contributed by atoms with Crippen LogP contribution in [0.2, 0.25) is 0 Å². The topological polar surface area (TPSA) is 49.4 Å². The van der Waals surface area contributed by atoms with Gasteiger partial charge in [0.15, 0.2) is 0 Å². The molecule has 0 saturated heterocycles. The molecule has 0 fully saturated rings. The monoisotopic (exact) mass is 344 g/mol. The molecule has 0 aromatic heterocycles. The van der Waals surface area contributed by atoms with Crippen LogP contribution in [0, 0.1) is 13.8 Å². The maximum absolute atomic E-state index is 13.0. The van der Waals surface area contributed by atoms with Crippen LogP contribution in [-0.2, 0) is 4.79 Å². The fourth-order valence-electron chi connectivity index (χ4n) is 3.68. The average Bonchev–Trinajstić information content (AvgIpc) is 2.92. The molecule has 3 aromatic carbocycles. The normalized spacial score (nSPS) is 14.0. The predicted octanol–water partition coefficient (Wildman–Crippen LogP) is 4.44. The summed E-state index contributed by atoms with van der Waals surface area (Å²) in [4.78, 5) is 27.5. The molecule has 0 saturated carbocycles. The Morgan fingerprint density at radius 2 is 1.58 bits per heavy atom. The van der Waals surface area contributed by atoms with Crippen LogP contribution in [0.15, 0.2) is 54.6 Å². The highest BCUT2D eigenvalue weighted by molar-refractivity contribution is 6.27. The minimum Gasteiger partial charge on any atom is -0.324 e. The van der Waals surface area contributed by atoms with Gasteiger partial charge in [-0.25, -0.2) is 0 Å². The predicted molar refractivity (Wildman–Crippen MR) is 105 cm³/mol. The third-order valence-corrected chi connectivity index (χ3v) is 5.09. The van der Waals surface area contributed by atoms with E-state index >= 15 is 0 Å². The molecule has 4 heteroatoms. The first-order valence-electron chi connectivity index (χ1n) is 8.71. The van der Waals surface area contributed by atoms with Gasteiger partial charge < -0.3 is 5.32 Å². The van der Waals surface area contributed by atoms with E-state index in [9.17, 15) is 9.59 Å². The van der Waals surface area contributed by atoms with Crippen molar-refractivity contribution in [3.8, 4) is 0 Å². The van der Waals surface area contributed by atoms with Gasteiger partial charge in [-0.3, -0.25) is 14.5 Å². The van der Waals surface area contributed by atoms with Crippen LogP contribution in [0.25, 0.3) is 10.8 Å². The lowest BCUT2D eigenvalue weighted by molar-refractivity contribution is -0.117. The lowest BCUT2D eigenvalue weighted by atomic mass is 10.1. The van der Waals surface area contributed by atoms with Crippen LogP contribution in [0.5, 0.6) is 0 Å². The number of carbonyl (C=O) groups excluding carboxylic acids is 2. The standard InChI is InChI=1S/C22H20N2O2/c1-13-7-4-8-14(2)20(13)23-21(25)15(3)24-18-12-6-10-16-9-5-11-17(19(16)18)22(24)26/h4-12,15H,1-3H3,(H,23,25)/t15-/m1/s1. The van der Waals surface area contributed by atoms with Crippen molar-refractivity contribution in [1.82, 2.24) is 0 Å². The molecule has 0 spiro atoms. The Morgan fingerprint density at radius 3 is 2.27 bits per heavy atom. The molecule has 0 bridgehead atoms. The van der Waals surface area contributed by atoms with Crippen LogP contribution in [-0.4, -0.2) is 17.9 Å². The molecule has 4 rings (SSSR count). The van der Waals surface area contributed by atoms with Gasteiger partial charge >= 0.3 is 0 Å². The summed E-state index contributed by atoms with van der Waals surface area (Å²) >= 11 is 0. The maximum atomic E-state index is 13.0. The minimum atomic E-state index is -0.612. The van der Waals surface area contributed by atoms with Crippen molar-refractivity contribution >= 4 is 34.0 Å². The quantitative estimate of drug-likeness (QED) is 0.763. The van der Waals surface area contributed by atoms with Gasteiger partial charge in [0, 0.05) is 16.6 Å². The molecule has 1 aliphatic heterocycles. The van der Waals surface area contributed by atoms with Gasteiger partial charge in [-0.1, -0.05) is 42.5 Å². The summed E-state index contributed by atoms with van der Waals surface area (Å²) in [5, 5.41) is 4.94. The molecule has 2 amide bonds.